The third-order valence-corrected chi connectivity index (χ3v) is 6.18. The molecule has 0 saturated carbocycles. The molecule has 0 aliphatic heterocycles. The van der Waals surface area contributed by atoms with Crippen molar-refractivity contribution in [2.24, 2.45) is 0 Å². The Labute approximate surface area is 221 Å². The summed E-state index contributed by atoms with van der Waals surface area (Å²) in [6, 6.07) is 29.2. The first-order valence-electron chi connectivity index (χ1n) is 12.0. The third kappa shape index (κ3) is 7.66. The molecule has 7 heteroatoms. The summed E-state index contributed by atoms with van der Waals surface area (Å²) in [5.41, 5.74) is 2.78. The van der Waals surface area contributed by atoms with Crippen LogP contribution in [-0.2, 0) is 29.1 Å². The molecule has 1 heterocycles. The monoisotopic (exact) mass is 513 g/mol. The van der Waals surface area contributed by atoms with Crippen molar-refractivity contribution in [1.29, 1.82) is 0 Å². The van der Waals surface area contributed by atoms with E-state index in [1.807, 2.05) is 72.8 Å². The van der Waals surface area contributed by atoms with Crippen molar-refractivity contribution in [2.45, 2.75) is 25.6 Å². The van der Waals surface area contributed by atoms with Crippen molar-refractivity contribution in [3.63, 3.8) is 0 Å². The maximum absolute atomic E-state index is 13.6. The summed E-state index contributed by atoms with van der Waals surface area (Å²) in [6.07, 6.45) is 3.72. The van der Waals surface area contributed by atoms with Gasteiger partial charge in [0, 0.05) is 31.9 Å². The summed E-state index contributed by atoms with van der Waals surface area (Å²) in [7, 11) is 0. The van der Waals surface area contributed by atoms with Gasteiger partial charge in [0.2, 0.25) is 5.91 Å². The lowest BCUT2D eigenvalue weighted by molar-refractivity contribution is -0.142. The van der Waals surface area contributed by atoms with Crippen molar-refractivity contribution >= 4 is 23.4 Å². The maximum Gasteiger partial charge on any atom is 0.261 e. The van der Waals surface area contributed by atoms with Crippen LogP contribution in [0.2, 0.25) is 5.02 Å². The normalized spacial score (nSPS) is 11.4. The number of hydrogen-bond donors (Lipinski definition) is 1. The van der Waals surface area contributed by atoms with Gasteiger partial charge in [0.05, 0.1) is 5.02 Å². The zero-order chi connectivity index (χ0) is 25.9. The summed E-state index contributed by atoms with van der Waals surface area (Å²) >= 11 is 6.22. The van der Waals surface area contributed by atoms with Crippen LogP contribution in [0.5, 0.6) is 5.75 Å². The average Bonchev–Trinajstić information content (AvgIpc) is 2.94. The summed E-state index contributed by atoms with van der Waals surface area (Å²) < 4.78 is 5.76. The van der Waals surface area contributed by atoms with E-state index in [9.17, 15) is 9.59 Å². The van der Waals surface area contributed by atoms with E-state index in [0.717, 1.165) is 16.7 Å². The topological polar surface area (TPSA) is 71.5 Å². The smallest absolute Gasteiger partial charge is 0.261 e. The van der Waals surface area contributed by atoms with Crippen molar-refractivity contribution in [1.82, 2.24) is 15.2 Å². The number of nitrogens with one attached hydrogen (secondary N) is 1. The Hall–Kier alpha value is -4.16. The summed E-state index contributed by atoms with van der Waals surface area (Å²) in [4.78, 5) is 32.8. The highest BCUT2D eigenvalue weighted by Crippen LogP contribution is 2.23. The van der Waals surface area contributed by atoms with E-state index in [0.29, 0.717) is 23.7 Å². The van der Waals surface area contributed by atoms with E-state index in [-0.39, 0.29) is 25.0 Å². The van der Waals surface area contributed by atoms with Crippen LogP contribution in [-0.4, -0.2) is 34.3 Å². The molecule has 3 aromatic carbocycles. The van der Waals surface area contributed by atoms with Gasteiger partial charge in [-0.05, 0) is 41.0 Å². The van der Waals surface area contributed by atoms with Gasteiger partial charge in [-0.1, -0.05) is 84.4 Å². The predicted octanol–water partition coefficient (Wildman–Crippen LogP) is 5.07. The number of pyridine rings is 1. The van der Waals surface area contributed by atoms with Gasteiger partial charge >= 0.3 is 0 Å². The minimum absolute atomic E-state index is 0.248. The number of carbonyl (C=O) groups is 2. The lowest BCUT2D eigenvalue weighted by atomic mass is 10.0. The van der Waals surface area contributed by atoms with Crippen molar-refractivity contribution in [2.75, 3.05) is 6.61 Å². The molecule has 2 amide bonds. The van der Waals surface area contributed by atoms with Crippen LogP contribution >= 0.6 is 11.6 Å². The van der Waals surface area contributed by atoms with Gasteiger partial charge in [-0.15, -0.1) is 0 Å². The Morgan fingerprint density at radius 2 is 1.43 bits per heavy atom. The molecule has 4 rings (SSSR count). The zero-order valence-electron chi connectivity index (χ0n) is 20.3. The van der Waals surface area contributed by atoms with Crippen LogP contribution < -0.4 is 10.1 Å². The molecule has 0 bridgehead atoms. The second kappa shape index (κ2) is 13.2. The number of ether oxygens (including phenoxy) is 1. The highest BCUT2D eigenvalue weighted by Gasteiger charge is 2.30. The highest BCUT2D eigenvalue weighted by atomic mass is 35.5. The Morgan fingerprint density at radius 1 is 0.811 bits per heavy atom. The number of halogens is 1. The SMILES string of the molecule is O=C(NCc1ccncc1)[C@H](Cc1ccccc1)N(Cc1ccccc1)C(=O)COc1ccccc1Cl. The molecule has 1 atom stereocenters. The molecule has 0 radical (unpaired) electrons. The molecular weight excluding hydrogens is 486 g/mol. The number of para-hydroxylation sites is 1. The molecule has 0 spiro atoms. The Kier molecular flexibility index (Phi) is 9.27. The highest BCUT2D eigenvalue weighted by molar-refractivity contribution is 6.32. The quantitative estimate of drug-likeness (QED) is 0.304. The lowest BCUT2D eigenvalue weighted by Gasteiger charge is -2.31. The molecule has 4 aromatic rings. The van der Waals surface area contributed by atoms with Crippen molar-refractivity contribution in [3.05, 3.63) is 131 Å². The van der Waals surface area contributed by atoms with Gasteiger partial charge in [-0.25, -0.2) is 0 Å². The predicted molar refractivity (Wildman–Crippen MR) is 144 cm³/mol. The molecule has 0 fully saturated rings. The second-order valence-electron chi connectivity index (χ2n) is 8.51. The average molecular weight is 514 g/mol. The van der Waals surface area contributed by atoms with Crippen molar-refractivity contribution < 1.29 is 14.3 Å². The van der Waals surface area contributed by atoms with Gasteiger partial charge in [0.1, 0.15) is 11.8 Å². The van der Waals surface area contributed by atoms with E-state index < -0.39 is 6.04 Å². The number of carbonyl (C=O) groups excluding carboxylic acids is 2. The molecule has 0 aliphatic rings. The molecule has 0 unspecified atom stereocenters. The minimum Gasteiger partial charge on any atom is -0.482 e. The number of nitrogens with zero attached hydrogens (tertiary/aromatic N) is 2. The molecule has 6 nitrogen and oxygen atoms in total. The number of rotatable bonds is 11. The Morgan fingerprint density at radius 3 is 2.11 bits per heavy atom. The minimum atomic E-state index is -0.758. The lowest BCUT2D eigenvalue weighted by Crippen LogP contribution is -2.51. The Balaban J connectivity index is 1.60. The van der Waals surface area contributed by atoms with E-state index >= 15 is 0 Å². The molecule has 0 saturated heterocycles. The first-order valence-corrected chi connectivity index (χ1v) is 12.4. The van der Waals surface area contributed by atoms with Crippen molar-refractivity contribution in [3.8, 4) is 5.75 Å². The summed E-state index contributed by atoms with van der Waals surface area (Å²) in [6.45, 7) is 0.335. The van der Waals surface area contributed by atoms with Crippen LogP contribution in [0.3, 0.4) is 0 Å². The fraction of sp³-hybridized carbons (Fsp3) is 0.167. The van der Waals surface area contributed by atoms with Crippen LogP contribution in [0.1, 0.15) is 16.7 Å². The molecular formula is C30H28ClN3O3. The van der Waals surface area contributed by atoms with E-state index in [1.165, 1.54) is 0 Å². The Bertz CT molecular complexity index is 1290. The van der Waals surface area contributed by atoms with Gasteiger partial charge in [-0.2, -0.15) is 0 Å². The van der Waals surface area contributed by atoms with E-state index in [1.54, 1.807) is 41.6 Å². The fourth-order valence-corrected chi connectivity index (χ4v) is 4.12. The molecule has 37 heavy (non-hydrogen) atoms. The molecule has 188 valence electrons. The largest absolute Gasteiger partial charge is 0.482 e. The van der Waals surface area contributed by atoms with Crippen LogP contribution in [0, 0.1) is 0 Å². The standard InChI is InChI=1S/C30H28ClN3O3/c31-26-13-7-8-14-28(26)37-22-29(35)34(21-25-11-5-2-6-12-25)27(19-23-9-3-1-4-10-23)30(36)33-20-24-15-17-32-18-16-24/h1-18,27H,19-22H2,(H,33,36)/t27-/m0/s1. The number of benzene rings is 3. The first kappa shape index (κ1) is 25.9. The van der Waals surface area contributed by atoms with Gasteiger partial charge < -0.3 is 15.0 Å². The third-order valence-electron chi connectivity index (χ3n) is 5.87. The second-order valence-corrected chi connectivity index (χ2v) is 8.91. The zero-order valence-corrected chi connectivity index (χ0v) is 21.1. The van der Waals surface area contributed by atoms with Gasteiger partial charge in [0.15, 0.2) is 6.61 Å². The molecule has 1 aromatic heterocycles. The van der Waals surface area contributed by atoms with E-state index in [2.05, 4.69) is 10.3 Å². The van der Waals surface area contributed by atoms with E-state index in [4.69, 9.17) is 16.3 Å². The fourth-order valence-electron chi connectivity index (χ4n) is 3.93. The van der Waals surface area contributed by atoms with Gasteiger partial charge in [0.25, 0.3) is 5.91 Å². The van der Waals surface area contributed by atoms with Crippen LogP contribution in [0.15, 0.2) is 109 Å². The van der Waals surface area contributed by atoms with Crippen LogP contribution in [0.25, 0.3) is 0 Å². The van der Waals surface area contributed by atoms with Gasteiger partial charge in [-0.3, -0.25) is 14.6 Å². The number of amides is 2. The first-order chi connectivity index (χ1) is 18.1. The number of hydrogen-bond acceptors (Lipinski definition) is 4. The summed E-state index contributed by atoms with van der Waals surface area (Å²) in [5.74, 6) is -0.148. The maximum atomic E-state index is 13.6. The summed E-state index contributed by atoms with van der Waals surface area (Å²) in [5, 5.41) is 3.42. The number of aromatic nitrogens is 1. The molecule has 0 aliphatic carbocycles. The molecule has 1 N–H and O–H groups in total. The van der Waals surface area contributed by atoms with Crippen LogP contribution in [0.4, 0.5) is 0 Å².